The van der Waals surface area contributed by atoms with Gasteiger partial charge in [0.1, 0.15) is 5.69 Å². The van der Waals surface area contributed by atoms with Gasteiger partial charge >= 0.3 is 0 Å². The van der Waals surface area contributed by atoms with Crippen LogP contribution in [0.2, 0.25) is 0 Å². The molecular formula is C32H30N6O4S. The Morgan fingerprint density at radius 3 is 2.21 bits per heavy atom. The molecule has 6 rings (SSSR count). The number of nitrogens with zero attached hydrogens (tertiary/aromatic N) is 3. The van der Waals surface area contributed by atoms with E-state index in [1.54, 1.807) is 72.8 Å². The summed E-state index contributed by atoms with van der Waals surface area (Å²) in [5, 5.41) is 11.1. The van der Waals surface area contributed by atoms with Gasteiger partial charge in [-0.05, 0) is 61.6 Å². The van der Waals surface area contributed by atoms with E-state index in [1.807, 2.05) is 12.1 Å². The maximum atomic E-state index is 13.5. The summed E-state index contributed by atoms with van der Waals surface area (Å²) in [6, 6.07) is 25.1. The SMILES string of the molecule is CN1CCN(c2ccc(C(N)=O)c(NC(=O)c3ccccc3)c2-c2n[nH]c3ccc(S(=O)(=O)c4ccccc4)cc23)CC1. The number of hydrogen-bond acceptors (Lipinski definition) is 7. The highest BCUT2D eigenvalue weighted by Crippen LogP contribution is 2.43. The van der Waals surface area contributed by atoms with Crippen LogP contribution in [-0.4, -0.2) is 68.6 Å². The molecule has 4 N–H and O–H groups in total. The van der Waals surface area contributed by atoms with Crippen LogP contribution in [-0.2, 0) is 9.84 Å². The van der Waals surface area contributed by atoms with Gasteiger partial charge in [0, 0.05) is 42.8 Å². The molecule has 0 atom stereocenters. The number of likely N-dealkylation sites (N-methyl/N-ethyl adjacent to an activating group) is 1. The van der Waals surface area contributed by atoms with Crippen LogP contribution in [0.3, 0.4) is 0 Å². The number of hydrogen-bond donors (Lipinski definition) is 3. The van der Waals surface area contributed by atoms with E-state index in [0.717, 1.165) is 18.8 Å². The van der Waals surface area contributed by atoms with Crippen molar-refractivity contribution in [1.82, 2.24) is 15.1 Å². The Kier molecular flexibility index (Phi) is 7.43. The van der Waals surface area contributed by atoms with Crippen molar-refractivity contribution in [3.8, 4) is 11.3 Å². The molecule has 5 aromatic rings. The van der Waals surface area contributed by atoms with E-state index >= 15 is 0 Å². The van der Waals surface area contributed by atoms with Crippen LogP contribution in [0.5, 0.6) is 0 Å². The van der Waals surface area contributed by atoms with Crippen LogP contribution in [0.25, 0.3) is 22.2 Å². The lowest BCUT2D eigenvalue weighted by atomic mass is 9.97. The monoisotopic (exact) mass is 594 g/mol. The van der Waals surface area contributed by atoms with Gasteiger partial charge in [0.25, 0.3) is 11.8 Å². The fourth-order valence-electron chi connectivity index (χ4n) is 5.34. The number of carbonyl (C=O) groups excluding carboxylic acids is 2. The van der Waals surface area contributed by atoms with Crippen molar-refractivity contribution in [2.75, 3.05) is 43.4 Å². The molecule has 218 valence electrons. The van der Waals surface area contributed by atoms with E-state index in [-0.39, 0.29) is 21.0 Å². The van der Waals surface area contributed by atoms with Crippen molar-refractivity contribution < 1.29 is 18.0 Å². The minimum Gasteiger partial charge on any atom is -0.368 e. The average molecular weight is 595 g/mol. The minimum absolute atomic E-state index is 0.0934. The Labute approximate surface area is 249 Å². The first kappa shape index (κ1) is 28.1. The van der Waals surface area contributed by atoms with Gasteiger partial charge in [-0.25, -0.2) is 8.42 Å². The number of piperazine rings is 1. The molecule has 2 amide bonds. The zero-order valence-electron chi connectivity index (χ0n) is 23.4. The lowest BCUT2D eigenvalue weighted by molar-refractivity contribution is 0.100. The fourth-order valence-corrected chi connectivity index (χ4v) is 6.65. The molecule has 1 aromatic heterocycles. The first-order chi connectivity index (χ1) is 20.7. The van der Waals surface area contributed by atoms with Gasteiger partial charge in [-0.1, -0.05) is 36.4 Å². The number of aromatic amines is 1. The van der Waals surface area contributed by atoms with E-state index in [9.17, 15) is 18.0 Å². The summed E-state index contributed by atoms with van der Waals surface area (Å²) in [4.78, 5) is 30.9. The van der Waals surface area contributed by atoms with E-state index in [1.165, 1.54) is 6.07 Å². The van der Waals surface area contributed by atoms with Crippen molar-refractivity contribution in [2.45, 2.75) is 9.79 Å². The van der Waals surface area contributed by atoms with Crippen LogP contribution in [0.4, 0.5) is 11.4 Å². The molecule has 0 spiro atoms. The summed E-state index contributed by atoms with van der Waals surface area (Å²) < 4.78 is 27.1. The average Bonchev–Trinajstić information content (AvgIpc) is 3.45. The summed E-state index contributed by atoms with van der Waals surface area (Å²) in [7, 11) is -1.78. The van der Waals surface area contributed by atoms with Gasteiger partial charge in [-0.3, -0.25) is 14.7 Å². The van der Waals surface area contributed by atoms with Crippen LogP contribution in [0.1, 0.15) is 20.7 Å². The molecule has 1 aliphatic heterocycles. The van der Waals surface area contributed by atoms with Gasteiger partial charge in [-0.2, -0.15) is 5.10 Å². The minimum atomic E-state index is -3.83. The van der Waals surface area contributed by atoms with Crippen LogP contribution < -0.4 is 16.0 Å². The number of sulfone groups is 1. The summed E-state index contributed by atoms with van der Waals surface area (Å²) >= 11 is 0. The van der Waals surface area contributed by atoms with Crippen molar-refractivity contribution in [3.63, 3.8) is 0 Å². The molecule has 0 aliphatic carbocycles. The Morgan fingerprint density at radius 1 is 0.860 bits per heavy atom. The molecular weight excluding hydrogens is 564 g/mol. The summed E-state index contributed by atoms with van der Waals surface area (Å²) in [6.07, 6.45) is 0. The van der Waals surface area contributed by atoms with Gasteiger partial charge in [0.05, 0.1) is 32.1 Å². The van der Waals surface area contributed by atoms with E-state index < -0.39 is 21.7 Å². The number of rotatable bonds is 7. The van der Waals surface area contributed by atoms with Crippen molar-refractivity contribution in [3.05, 3.63) is 102 Å². The number of anilines is 2. The first-order valence-corrected chi connectivity index (χ1v) is 15.3. The Balaban J connectivity index is 1.58. The number of amides is 2. The van der Waals surface area contributed by atoms with E-state index in [2.05, 4.69) is 32.4 Å². The predicted octanol–water partition coefficient (Wildman–Crippen LogP) is 4.17. The van der Waals surface area contributed by atoms with Crippen LogP contribution in [0.15, 0.2) is 101 Å². The summed E-state index contributed by atoms with van der Waals surface area (Å²) in [6.45, 7) is 3.01. The smallest absolute Gasteiger partial charge is 0.255 e. The highest BCUT2D eigenvalue weighted by Gasteiger charge is 2.28. The predicted molar refractivity (Wildman–Crippen MR) is 166 cm³/mol. The number of aromatic nitrogens is 2. The molecule has 43 heavy (non-hydrogen) atoms. The third-order valence-electron chi connectivity index (χ3n) is 7.70. The van der Waals surface area contributed by atoms with Gasteiger partial charge in [0.2, 0.25) is 9.84 Å². The third-order valence-corrected chi connectivity index (χ3v) is 9.47. The molecule has 2 heterocycles. The summed E-state index contributed by atoms with van der Waals surface area (Å²) in [5.41, 5.74) is 8.76. The molecule has 1 saturated heterocycles. The van der Waals surface area contributed by atoms with Crippen molar-refractivity contribution in [2.24, 2.45) is 5.73 Å². The number of benzene rings is 4. The van der Waals surface area contributed by atoms with E-state index in [4.69, 9.17) is 5.73 Å². The maximum Gasteiger partial charge on any atom is 0.255 e. The highest BCUT2D eigenvalue weighted by molar-refractivity contribution is 7.91. The van der Waals surface area contributed by atoms with Crippen molar-refractivity contribution in [1.29, 1.82) is 0 Å². The maximum absolute atomic E-state index is 13.5. The molecule has 1 fully saturated rings. The Hall–Kier alpha value is -5.00. The highest BCUT2D eigenvalue weighted by atomic mass is 32.2. The quantitative estimate of drug-likeness (QED) is 0.257. The van der Waals surface area contributed by atoms with E-state index in [0.29, 0.717) is 40.8 Å². The normalized spacial score (nSPS) is 14.1. The second-order valence-corrected chi connectivity index (χ2v) is 12.4. The molecule has 0 bridgehead atoms. The molecule has 0 radical (unpaired) electrons. The summed E-state index contributed by atoms with van der Waals surface area (Å²) in [5.74, 6) is -1.14. The standard InChI is InChI=1S/C32H30N6O4S/c1-37-16-18-38(19-17-37)27-15-13-24(31(33)39)29(34-32(40)21-8-4-2-5-9-21)28(27)30-25-20-23(12-14-26(25)35-36-30)43(41,42)22-10-6-3-7-11-22/h2-15,20H,16-19H2,1H3,(H2,33,39)(H,34,40)(H,35,36). The molecule has 4 aromatic carbocycles. The molecule has 1 aliphatic rings. The lowest BCUT2D eigenvalue weighted by Crippen LogP contribution is -2.44. The molecule has 0 unspecified atom stereocenters. The van der Waals surface area contributed by atoms with Crippen molar-refractivity contribution >= 4 is 43.9 Å². The molecule has 0 saturated carbocycles. The number of carbonyl (C=O) groups is 2. The molecule has 10 nitrogen and oxygen atoms in total. The molecule has 11 heteroatoms. The lowest BCUT2D eigenvalue weighted by Gasteiger charge is -2.35. The number of nitrogens with one attached hydrogen (secondary N) is 2. The third kappa shape index (κ3) is 5.36. The second-order valence-electron chi connectivity index (χ2n) is 10.5. The van der Waals surface area contributed by atoms with Crippen LogP contribution >= 0.6 is 0 Å². The number of primary amides is 1. The van der Waals surface area contributed by atoms with Gasteiger partial charge in [-0.15, -0.1) is 0 Å². The number of fused-ring (bicyclic) bond motifs is 1. The topological polar surface area (TPSA) is 141 Å². The largest absolute Gasteiger partial charge is 0.368 e. The zero-order chi connectivity index (χ0) is 30.1. The zero-order valence-corrected chi connectivity index (χ0v) is 24.3. The Morgan fingerprint density at radius 2 is 1.53 bits per heavy atom. The number of H-pyrrole nitrogens is 1. The number of nitrogens with two attached hydrogens (primary N) is 1. The fraction of sp³-hybridized carbons (Fsp3) is 0.156. The first-order valence-electron chi connectivity index (χ1n) is 13.8. The Bertz CT molecular complexity index is 1930. The van der Waals surface area contributed by atoms with Gasteiger partial charge in [0.15, 0.2) is 0 Å². The van der Waals surface area contributed by atoms with Crippen LogP contribution in [0, 0.1) is 0 Å². The second kappa shape index (κ2) is 11.3. The van der Waals surface area contributed by atoms with Gasteiger partial charge < -0.3 is 20.9 Å².